The normalized spacial score (nSPS) is 21.8. The minimum Gasteiger partial charge on any atom is -0.507 e. The van der Waals surface area contributed by atoms with Gasteiger partial charge in [-0.1, -0.05) is 42.5 Å². The molecule has 2 aliphatic heterocycles. The molecule has 0 spiro atoms. The number of ketones is 1. The summed E-state index contributed by atoms with van der Waals surface area (Å²) in [5.41, 5.74) is 0.933. The first-order valence-electron chi connectivity index (χ1n) is 9.88. The lowest BCUT2D eigenvalue weighted by Crippen LogP contribution is -2.37. The van der Waals surface area contributed by atoms with Crippen molar-refractivity contribution in [2.75, 3.05) is 26.2 Å². The monoisotopic (exact) mass is 394 g/mol. The van der Waals surface area contributed by atoms with Crippen LogP contribution in [0, 0.1) is 5.82 Å². The van der Waals surface area contributed by atoms with Crippen LogP contribution in [-0.4, -0.2) is 52.8 Å². The summed E-state index contributed by atoms with van der Waals surface area (Å²) >= 11 is 0. The van der Waals surface area contributed by atoms with E-state index in [1.54, 1.807) is 42.5 Å². The fourth-order valence-electron chi connectivity index (χ4n) is 4.14. The van der Waals surface area contributed by atoms with Crippen LogP contribution in [0.4, 0.5) is 4.39 Å². The Morgan fingerprint density at radius 3 is 2.41 bits per heavy atom. The zero-order valence-corrected chi connectivity index (χ0v) is 16.1. The lowest BCUT2D eigenvalue weighted by Gasteiger charge is -2.27. The third kappa shape index (κ3) is 3.80. The third-order valence-corrected chi connectivity index (χ3v) is 5.61. The van der Waals surface area contributed by atoms with Gasteiger partial charge in [-0.15, -0.1) is 0 Å². The van der Waals surface area contributed by atoms with Gasteiger partial charge in [0.1, 0.15) is 11.6 Å². The highest BCUT2D eigenvalue weighted by Gasteiger charge is 2.46. The van der Waals surface area contributed by atoms with Gasteiger partial charge in [-0.3, -0.25) is 9.59 Å². The average Bonchev–Trinajstić information content (AvgIpc) is 3.34. The Kier molecular flexibility index (Phi) is 5.45. The standard InChI is InChI=1S/C23H23FN2O3/c24-18-10-6-9-17(15-18)20-19(21(27)16-7-2-1-3-8-16)22(28)23(29)26(20)14-13-25-11-4-5-12-25/h1-3,6-10,15,20,27H,4-5,11-14H2/b21-19+. The van der Waals surface area contributed by atoms with Crippen molar-refractivity contribution in [2.45, 2.75) is 18.9 Å². The van der Waals surface area contributed by atoms with Crippen molar-refractivity contribution in [1.29, 1.82) is 0 Å². The van der Waals surface area contributed by atoms with Crippen molar-refractivity contribution in [3.05, 3.63) is 77.1 Å². The molecule has 2 aromatic carbocycles. The molecular formula is C23H23FN2O3. The minimum atomic E-state index is -0.812. The van der Waals surface area contributed by atoms with Crippen molar-refractivity contribution in [1.82, 2.24) is 9.80 Å². The number of aliphatic hydroxyl groups excluding tert-OH is 1. The van der Waals surface area contributed by atoms with Crippen molar-refractivity contribution >= 4 is 17.4 Å². The van der Waals surface area contributed by atoms with Crippen LogP contribution in [0.25, 0.3) is 5.76 Å². The first kappa shape index (κ1) is 19.3. The Hall–Kier alpha value is -2.99. The molecule has 29 heavy (non-hydrogen) atoms. The molecule has 150 valence electrons. The lowest BCUT2D eigenvalue weighted by atomic mass is 9.95. The maximum atomic E-state index is 13.9. The van der Waals surface area contributed by atoms with E-state index in [9.17, 15) is 19.1 Å². The molecule has 2 fully saturated rings. The van der Waals surface area contributed by atoms with Crippen molar-refractivity contribution in [3.63, 3.8) is 0 Å². The Balaban J connectivity index is 1.76. The summed E-state index contributed by atoms with van der Waals surface area (Å²) in [4.78, 5) is 29.4. The quantitative estimate of drug-likeness (QED) is 0.480. The second kappa shape index (κ2) is 8.17. The van der Waals surface area contributed by atoms with Gasteiger partial charge < -0.3 is 14.9 Å². The van der Waals surface area contributed by atoms with Crippen LogP contribution in [0.15, 0.2) is 60.2 Å². The van der Waals surface area contributed by atoms with Gasteiger partial charge in [-0.25, -0.2) is 4.39 Å². The number of carbonyl (C=O) groups excluding carboxylic acids is 2. The maximum Gasteiger partial charge on any atom is 0.295 e. The van der Waals surface area contributed by atoms with Crippen LogP contribution in [0.2, 0.25) is 0 Å². The van der Waals surface area contributed by atoms with Gasteiger partial charge >= 0.3 is 0 Å². The highest BCUT2D eigenvalue weighted by Crippen LogP contribution is 2.39. The Morgan fingerprint density at radius 1 is 1.00 bits per heavy atom. The number of aliphatic hydroxyl groups is 1. The number of halogens is 1. The fourth-order valence-corrected chi connectivity index (χ4v) is 4.14. The summed E-state index contributed by atoms with van der Waals surface area (Å²) in [5.74, 6) is -2.08. The Labute approximate surface area is 169 Å². The van der Waals surface area contributed by atoms with E-state index in [4.69, 9.17) is 0 Å². The molecule has 2 aliphatic rings. The van der Waals surface area contributed by atoms with Crippen LogP contribution < -0.4 is 0 Å². The van der Waals surface area contributed by atoms with Crippen LogP contribution in [0.5, 0.6) is 0 Å². The predicted octanol–water partition coefficient (Wildman–Crippen LogP) is 3.34. The maximum absolute atomic E-state index is 13.9. The first-order chi connectivity index (χ1) is 14.1. The van der Waals surface area contributed by atoms with E-state index >= 15 is 0 Å². The fraction of sp³-hybridized carbons (Fsp3) is 0.304. The van der Waals surface area contributed by atoms with Crippen molar-refractivity contribution in [2.24, 2.45) is 0 Å². The number of hydrogen-bond donors (Lipinski definition) is 1. The minimum absolute atomic E-state index is 0.00761. The highest BCUT2D eigenvalue weighted by molar-refractivity contribution is 6.46. The average molecular weight is 394 g/mol. The summed E-state index contributed by atoms with van der Waals surface area (Å²) in [7, 11) is 0. The van der Waals surface area contributed by atoms with E-state index in [1.807, 2.05) is 0 Å². The molecule has 2 heterocycles. The molecule has 6 heteroatoms. The van der Waals surface area contributed by atoms with Gasteiger partial charge in [0, 0.05) is 18.7 Å². The number of amides is 1. The summed E-state index contributed by atoms with van der Waals surface area (Å²) in [6, 6.07) is 13.7. The van der Waals surface area contributed by atoms with E-state index in [1.165, 1.54) is 17.0 Å². The summed E-state index contributed by atoms with van der Waals surface area (Å²) < 4.78 is 13.9. The zero-order valence-electron chi connectivity index (χ0n) is 16.1. The molecule has 2 aromatic rings. The summed E-state index contributed by atoms with van der Waals surface area (Å²) in [6.45, 7) is 2.93. The Bertz CT molecular complexity index is 952. The third-order valence-electron chi connectivity index (χ3n) is 5.61. The first-order valence-corrected chi connectivity index (χ1v) is 9.88. The second-order valence-electron chi connectivity index (χ2n) is 7.46. The van der Waals surface area contributed by atoms with Gasteiger partial charge in [0.2, 0.25) is 0 Å². The number of rotatable bonds is 5. The molecule has 0 aromatic heterocycles. The zero-order chi connectivity index (χ0) is 20.4. The molecular weight excluding hydrogens is 371 g/mol. The molecule has 0 radical (unpaired) electrons. The van der Waals surface area contributed by atoms with Gasteiger partial charge in [0.25, 0.3) is 11.7 Å². The van der Waals surface area contributed by atoms with Gasteiger partial charge in [0.15, 0.2) is 0 Å². The number of hydrogen-bond acceptors (Lipinski definition) is 4. The predicted molar refractivity (Wildman–Crippen MR) is 108 cm³/mol. The van der Waals surface area contributed by atoms with Crippen LogP contribution >= 0.6 is 0 Å². The molecule has 0 bridgehead atoms. The SMILES string of the molecule is O=C1C(=O)N(CCN2CCCC2)C(c2cccc(F)c2)/C1=C(\O)c1ccccc1. The summed E-state index contributed by atoms with van der Waals surface area (Å²) in [6.07, 6.45) is 2.25. The highest BCUT2D eigenvalue weighted by atomic mass is 19.1. The van der Waals surface area contributed by atoms with Crippen LogP contribution in [0.1, 0.15) is 30.0 Å². The van der Waals surface area contributed by atoms with E-state index in [-0.39, 0.29) is 11.3 Å². The van der Waals surface area contributed by atoms with Crippen LogP contribution in [0.3, 0.4) is 0 Å². The number of benzene rings is 2. The lowest BCUT2D eigenvalue weighted by molar-refractivity contribution is -0.140. The molecule has 1 amide bonds. The smallest absolute Gasteiger partial charge is 0.295 e. The Morgan fingerprint density at radius 2 is 1.72 bits per heavy atom. The molecule has 1 atom stereocenters. The van der Waals surface area contributed by atoms with E-state index in [0.717, 1.165) is 25.9 Å². The van der Waals surface area contributed by atoms with E-state index < -0.39 is 23.5 Å². The van der Waals surface area contributed by atoms with Gasteiger partial charge in [-0.05, 0) is 43.6 Å². The van der Waals surface area contributed by atoms with E-state index in [0.29, 0.717) is 24.2 Å². The molecule has 2 saturated heterocycles. The molecule has 5 nitrogen and oxygen atoms in total. The van der Waals surface area contributed by atoms with Crippen molar-refractivity contribution in [3.8, 4) is 0 Å². The molecule has 1 unspecified atom stereocenters. The second-order valence-corrected chi connectivity index (χ2v) is 7.46. The van der Waals surface area contributed by atoms with Crippen LogP contribution in [-0.2, 0) is 9.59 Å². The number of Topliss-reactive ketones (excluding diaryl/α,β-unsaturated/α-hetero) is 1. The van der Waals surface area contributed by atoms with Crippen molar-refractivity contribution < 1.29 is 19.1 Å². The molecule has 4 rings (SSSR count). The topological polar surface area (TPSA) is 60.9 Å². The number of nitrogens with zero attached hydrogens (tertiary/aromatic N) is 2. The van der Waals surface area contributed by atoms with Gasteiger partial charge in [0.05, 0.1) is 11.6 Å². The molecule has 0 aliphatic carbocycles. The molecule has 1 N–H and O–H groups in total. The number of likely N-dealkylation sites (tertiary alicyclic amines) is 2. The van der Waals surface area contributed by atoms with E-state index in [2.05, 4.69) is 4.90 Å². The summed E-state index contributed by atoms with van der Waals surface area (Å²) in [5, 5.41) is 10.9. The molecule has 0 saturated carbocycles. The largest absolute Gasteiger partial charge is 0.507 e. The van der Waals surface area contributed by atoms with Gasteiger partial charge in [-0.2, -0.15) is 0 Å². The number of carbonyl (C=O) groups is 2.